The molecular formula is C20H18F3N3O6S. The Bertz CT molecular complexity index is 1210. The van der Waals surface area contributed by atoms with Gasteiger partial charge in [0, 0.05) is 12.5 Å². The van der Waals surface area contributed by atoms with E-state index in [0.717, 1.165) is 41.6 Å². The highest BCUT2D eigenvalue weighted by molar-refractivity contribution is 7.85. The molecule has 0 bridgehead atoms. The topological polar surface area (TPSA) is 114 Å². The molecule has 0 saturated carbocycles. The van der Waals surface area contributed by atoms with Gasteiger partial charge in [-0.1, -0.05) is 11.2 Å². The van der Waals surface area contributed by atoms with Crippen molar-refractivity contribution in [1.82, 2.24) is 5.32 Å². The number of carbonyl (C=O) groups excluding carboxylic acids is 2. The van der Waals surface area contributed by atoms with Gasteiger partial charge in [0.25, 0.3) is 0 Å². The molecule has 1 saturated heterocycles. The number of ether oxygens (including phenoxy) is 1. The number of rotatable bonds is 7. The van der Waals surface area contributed by atoms with E-state index in [-0.39, 0.29) is 35.8 Å². The van der Waals surface area contributed by atoms with Gasteiger partial charge in [-0.2, -0.15) is 8.42 Å². The van der Waals surface area contributed by atoms with Gasteiger partial charge in [0.05, 0.1) is 36.8 Å². The second-order valence-corrected chi connectivity index (χ2v) is 8.64. The van der Waals surface area contributed by atoms with Crippen molar-refractivity contribution in [2.24, 2.45) is 5.16 Å². The van der Waals surface area contributed by atoms with Crippen LogP contribution < -0.4 is 10.2 Å². The van der Waals surface area contributed by atoms with E-state index < -0.39 is 45.3 Å². The fourth-order valence-electron chi connectivity index (χ4n) is 3.03. The number of nitrogens with zero attached hydrogens (tertiary/aromatic N) is 2. The predicted octanol–water partition coefficient (Wildman–Crippen LogP) is 2.54. The fourth-order valence-corrected chi connectivity index (χ4v) is 3.23. The van der Waals surface area contributed by atoms with E-state index in [9.17, 15) is 31.2 Å². The summed E-state index contributed by atoms with van der Waals surface area (Å²) < 4.78 is 74.9. The van der Waals surface area contributed by atoms with Crippen LogP contribution in [0.4, 0.5) is 23.7 Å². The molecule has 1 atom stereocenters. The second kappa shape index (κ2) is 9.48. The van der Waals surface area contributed by atoms with Crippen molar-refractivity contribution in [2.75, 3.05) is 24.2 Å². The van der Waals surface area contributed by atoms with Crippen LogP contribution in [0.25, 0.3) is 11.1 Å². The Hall–Kier alpha value is -3.61. The van der Waals surface area contributed by atoms with E-state index in [1.54, 1.807) is 0 Å². The zero-order valence-corrected chi connectivity index (χ0v) is 18.2. The number of nitrogens with one attached hydrogen (secondary N) is 1. The lowest BCUT2D eigenvalue weighted by atomic mass is 10.0. The average molecular weight is 485 g/mol. The molecule has 2 aromatic rings. The molecule has 1 fully saturated rings. The molecule has 1 N–H and O–H groups in total. The van der Waals surface area contributed by atoms with Crippen molar-refractivity contribution in [3.63, 3.8) is 0 Å². The van der Waals surface area contributed by atoms with Crippen LogP contribution in [0, 0.1) is 17.5 Å². The molecular weight excluding hydrogens is 467 g/mol. The van der Waals surface area contributed by atoms with Gasteiger partial charge in [0.15, 0.2) is 0 Å². The fraction of sp³-hybridized carbons (Fsp3) is 0.250. The van der Waals surface area contributed by atoms with Crippen molar-refractivity contribution in [1.29, 1.82) is 0 Å². The SMILES string of the molecule is CC(=O)NC[C@H]1CN(c2cc(F)c(-c3ccc(/C=N/OS(C)(=O)=O)c(F)c3)c(F)c2)C(=O)O1. The van der Waals surface area contributed by atoms with E-state index in [2.05, 4.69) is 14.8 Å². The average Bonchev–Trinajstić information content (AvgIpc) is 3.07. The lowest BCUT2D eigenvalue weighted by Gasteiger charge is -2.15. The minimum absolute atomic E-state index is 0.0322. The molecule has 1 aliphatic rings. The third-order valence-electron chi connectivity index (χ3n) is 4.45. The maximum absolute atomic E-state index is 14.8. The number of halogens is 3. The van der Waals surface area contributed by atoms with E-state index >= 15 is 0 Å². The molecule has 176 valence electrons. The van der Waals surface area contributed by atoms with Gasteiger partial charge in [0.2, 0.25) is 5.91 Å². The maximum atomic E-state index is 14.8. The summed E-state index contributed by atoms with van der Waals surface area (Å²) in [5.41, 5.74) is -0.949. The number of carbonyl (C=O) groups is 2. The highest BCUT2D eigenvalue weighted by atomic mass is 32.2. The summed E-state index contributed by atoms with van der Waals surface area (Å²) in [5, 5.41) is 5.62. The molecule has 1 aliphatic heterocycles. The van der Waals surface area contributed by atoms with Gasteiger partial charge >= 0.3 is 16.2 Å². The van der Waals surface area contributed by atoms with Crippen molar-refractivity contribution < 1.29 is 40.2 Å². The van der Waals surface area contributed by atoms with Gasteiger partial charge in [0.1, 0.15) is 23.6 Å². The zero-order valence-electron chi connectivity index (χ0n) is 17.3. The van der Waals surface area contributed by atoms with E-state index in [1.807, 2.05) is 0 Å². The van der Waals surface area contributed by atoms with E-state index in [1.165, 1.54) is 13.0 Å². The Morgan fingerprint density at radius 2 is 1.91 bits per heavy atom. The summed E-state index contributed by atoms with van der Waals surface area (Å²) in [5.74, 6) is -3.35. The van der Waals surface area contributed by atoms with Crippen LogP contribution in [0.15, 0.2) is 35.5 Å². The molecule has 9 nitrogen and oxygen atoms in total. The first-order valence-electron chi connectivity index (χ1n) is 9.38. The molecule has 1 heterocycles. The lowest BCUT2D eigenvalue weighted by molar-refractivity contribution is -0.119. The van der Waals surface area contributed by atoms with Crippen LogP contribution in [-0.2, 0) is 23.9 Å². The van der Waals surface area contributed by atoms with Crippen LogP contribution in [0.3, 0.4) is 0 Å². The van der Waals surface area contributed by atoms with Crippen LogP contribution in [-0.4, -0.2) is 52.1 Å². The highest BCUT2D eigenvalue weighted by Gasteiger charge is 2.33. The molecule has 33 heavy (non-hydrogen) atoms. The van der Waals surface area contributed by atoms with Gasteiger partial charge in [-0.25, -0.2) is 18.0 Å². The van der Waals surface area contributed by atoms with Crippen molar-refractivity contribution in [3.05, 3.63) is 53.3 Å². The van der Waals surface area contributed by atoms with Crippen LogP contribution in [0.1, 0.15) is 12.5 Å². The summed E-state index contributed by atoms with van der Waals surface area (Å²) >= 11 is 0. The van der Waals surface area contributed by atoms with Gasteiger partial charge in [-0.05, 0) is 29.8 Å². The summed E-state index contributed by atoms with van der Waals surface area (Å²) in [6.45, 7) is 1.31. The predicted molar refractivity (Wildman–Crippen MR) is 112 cm³/mol. The Labute approximate surface area is 186 Å². The van der Waals surface area contributed by atoms with Crippen molar-refractivity contribution in [2.45, 2.75) is 13.0 Å². The number of hydrogen-bond acceptors (Lipinski definition) is 7. The minimum Gasteiger partial charge on any atom is -0.442 e. The molecule has 0 aromatic heterocycles. The smallest absolute Gasteiger partial charge is 0.414 e. The maximum Gasteiger partial charge on any atom is 0.414 e. The second-order valence-electron chi connectivity index (χ2n) is 7.09. The summed E-state index contributed by atoms with van der Waals surface area (Å²) in [6.07, 6.45) is 0.0289. The highest BCUT2D eigenvalue weighted by Crippen LogP contribution is 2.32. The Morgan fingerprint density at radius 1 is 1.24 bits per heavy atom. The van der Waals surface area contributed by atoms with Crippen LogP contribution >= 0.6 is 0 Å². The number of cyclic esters (lactones) is 1. The van der Waals surface area contributed by atoms with Crippen LogP contribution in [0.5, 0.6) is 0 Å². The molecule has 0 radical (unpaired) electrons. The largest absolute Gasteiger partial charge is 0.442 e. The first kappa shape index (κ1) is 24.0. The van der Waals surface area contributed by atoms with Crippen LogP contribution in [0.2, 0.25) is 0 Å². The number of anilines is 1. The monoisotopic (exact) mass is 485 g/mol. The molecule has 13 heteroatoms. The quantitative estimate of drug-likeness (QED) is 0.476. The molecule has 2 aromatic carbocycles. The van der Waals surface area contributed by atoms with E-state index in [0.29, 0.717) is 0 Å². The molecule has 0 unspecified atom stereocenters. The van der Waals surface area contributed by atoms with Gasteiger partial charge in [-0.3, -0.25) is 14.0 Å². The lowest BCUT2D eigenvalue weighted by Crippen LogP contribution is -2.33. The Kier molecular flexibility index (Phi) is 6.91. The first-order valence-corrected chi connectivity index (χ1v) is 11.2. The van der Waals surface area contributed by atoms with Crippen molar-refractivity contribution >= 4 is 34.0 Å². The Morgan fingerprint density at radius 3 is 2.48 bits per heavy atom. The van der Waals surface area contributed by atoms with E-state index in [4.69, 9.17) is 4.74 Å². The number of amides is 2. The number of oxime groups is 1. The molecule has 0 spiro atoms. The zero-order chi connectivity index (χ0) is 24.3. The van der Waals surface area contributed by atoms with Gasteiger partial charge < -0.3 is 10.1 Å². The molecule has 3 rings (SSSR count). The third kappa shape index (κ3) is 6.00. The Balaban J connectivity index is 1.83. The standard InChI is InChI=1S/C20H18F3N3O6S/c1-11(27)24-9-15-10-26(20(28)31-15)14-6-17(22)19(18(23)7-14)12-3-4-13(16(21)5-12)8-25-32-33(2,29)30/h3-8,15H,9-10H2,1-2H3,(H,24,27)/b25-8+/t15-/m0/s1. The normalized spacial score (nSPS) is 16.2. The molecule has 2 amide bonds. The minimum atomic E-state index is -3.87. The summed E-state index contributed by atoms with van der Waals surface area (Å²) in [6, 6.07) is 5.01. The summed E-state index contributed by atoms with van der Waals surface area (Å²) in [7, 11) is -3.87. The summed E-state index contributed by atoms with van der Waals surface area (Å²) in [4.78, 5) is 24.1. The molecule has 0 aliphatic carbocycles. The first-order chi connectivity index (χ1) is 15.4. The van der Waals surface area contributed by atoms with Gasteiger partial charge in [-0.15, -0.1) is 0 Å². The third-order valence-corrected chi connectivity index (χ3v) is 4.81. The number of hydrogen-bond donors (Lipinski definition) is 1. The number of benzene rings is 2. The van der Waals surface area contributed by atoms with Crippen molar-refractivity contribution in [3.8, 4) is 11.1 Å².